The SMILES string of the molecule is CCOC(=O)CCN(Cc1ccncc1)C(=O)CCc1ccccc1. The minimum atomic E-state index is -0.280. The number of aryl methyl sites for hydroxylation is 1. The fraction of sp³-hybridized carbons (Fsp3) is 0.350. The van der Waals surface area contributed by atoms with Crippen LogP contribution in [0.4, 0.5) is 0 Å². The first-order valence-corrected chi connectivity index (χ1v) is 8.55. The minimum absolute atomic E-state index is 0.0324. The summed E-state index contributed by atoms with van der Waals surface area (Å²) in [7, 11) is 0. The average molecular weight is 340 g/mol. The molecule has 0 spiro atoms. The zero-order chi connectivity index (χ0) is 17.9. The summed E-state index contributed by atoms with van der Waals surface area (Å²) in [5.41, 5.74) is 2.12. The lowest BCUT2D eigenvalue weighted by Gasteiger charge is -2.22. The number of pyridine rings is 1. The number of ether oxygens (including phenoxy) is 1. The second-order valence-electron chi connectivity index (χ2n) is 5.71. The van der Waals surface area contributed by atoms with Gasteiger partial charge in [0.1, 0.15) is 0 Å². The largest absolute Gasteiger partial charge is 0.466 e. The molecule has 0 saturated heterocycles. The van der Waals surface area contributed by atoms with E-state index in [2.05, 4.69) is 4.98 Å². The number of hydrogen-bond acceptors (Lipinski definition) is 4. The van der Waals surface area contributed by atoms with E-state index in [0.29, 0.717) is 32.5 Å². The Morgan fingerprint density at radius 1 is 1.00 bits per heavy atom. The molecule has 0 radical (unpaired) electrons. The molecule has 0 N–H and O–H groups in total. The van der Waals surface area contributed by atoms with Crippen molar-refractivity contribution in [3.05, 3.63) is 66.0 Å². The van der Waals surface area contributed by atoms with Gasteiger partial charge >= 0.3 is 5.97 Å². The maximum atomic E-state index is 12.6. The first-order chi connectivity index (χ1) is 12.2. The summed E-state index contributed by atoms with van der Waals surface area (Å²) in [5, 5.41) is 0. The van der Waals surface area contributed by atoms with E-state index in [1.165, 1.54) is 0 Å². The van der Waals surface area contributed by atoms with Crippen molar-refractivity contribution in [3.63, 3.8) is 0 Å². The third kappa shape index (κ3) is 6.75. The van der Waals surface area contributed by atoms with Crippen LogP contribution >= 0.6 is 0 Å². The number of amides is 1. The van der Waals surface area contributed by atoms with Gasteiger partial charge in [0.05, 0.1) is 13.0 Å². The van der Waals surface area contributed by atoms with Crippen LogP contribution in [0.15, 0.2) is 54.9 Å². The Kier molecular flexibility index (Phi) is 7.63. The molecular formula is C20H24N2O3. The molecule has 5 nitrogen and oxygen atoms in total. The van der Waals surface area contributed by atoms with Gasteiger partial charge in [0, 0.05) is 31.9 Å². The van der Waals surface area contributed by atoms with Gasteiger partial charge in [-0.05, 0) is 36.6 Å². The van der Waals surface area contributed by atoms with Crippen LogP contribution in [-0.2, 0) is 27.3 Å². The van der Waals surface area contributed by atoms with Crippen LogP contribution in [0.25, 0.3) is 0 Å². The molecule has 0 saturated carbocycles. The van der Waals surface area contributed by atoms with Crippen molar-refractivity contribution in [2.75, 3.05) is 13.2 Å². The predicted molar refractivity (Wildman–Crippen MR) is 95.7 cm³/mol. The molecular weight excluding hydrogens is 316 g/mol. The Hall–Kier alpha value is -2.69. The lowest BCUT2D eigenvalue weighted by Crippen LogP contribution is -2.33. The summed E-state index contributed by atoms with van der Waals surface area (Å²) in [6, 6.07) is 13.7. The van der Waals surface area contributed by atoms with Crippen LogP contribution in [0.3, 0.4) is 0 Å². The number of esters is 1. The first kappa shape index (κ1) is 18.6. The van der Waals surface area contributed by atoms with Gasteiger partial charge in [0.2, 0.25) is 5.91 Å². The number of benzene rings is 1. The molecule has 0 aliphatic heterocycles. The molecule has 2 rings (SSSR count). The second kappa shape index (κ2) is 10.2. The highest BCUT2D eigenvalue weighted by molar-refractivity contribution is 5.77. The van der Waals surface area contributed by atoms with E-state index in [1.54, 1.807) is 24.2 Å². The number of aromatic nitrogens is 1. The number of carbonyl (C=O) groups is 2. The molecule has 0 fully saturated rings. The summed E-state index contributed by atoms with van der Waals surface area (Å²) in [4.78, 5) is 30.0. The average Bonchev–Trinajstić information content (AvgIpc) is 2.65. The van der Waals surface area contributed by atoms with Crippen molar-refractivity contribution in [2.24, 2.45) is 0 Å². The van der Waals surface area contributed by atoms with Gasteiger partial charge in [-0.2, -0.15) is 0 Å². The zero-order valence-electron chi connectivity index (χ0n) is 14.6. The number of rotatable bonds is 9. The van der Waals surface area contributed by atoms with E-state index in [1.807, 2.05) is 42.5 Å². The summed E-state index contributed by atoms with van der Waals surface area (Å²) in [5.74, 6) is -0.247. The predicted octanol–water partition coefficient (Wildman–Crippen LogP) is 3.00. The van der Waals surface area contributed by atoms with Crippen molar-refractivity contribution in [1.29, 1.82) is 0 Å². The Balaban J connectivity index is 1.96. The smallest absolute Gasteiger partial charge is 0.307 e. The number of nitrogens with zero attached hydrogens (tertiary/aromatic N) is 2. The standard InChI is InChI=1S/C20H24N2O3/c1-2-25-20(24)12-15-22(16-18-10-13-21-14-11-18)19(23)9-8-17-6-4-3-5-7-17/h3-7,10-11,13-14H,2,8-9,12,15-16H2,1H3. The quantitative estimate of drug-likeness (QED) is 0.659. The molecule has 1 aromatic heterocycles. The number of hydrogen-bond donors (Lipinski definition) is 0. The molecule has 132 valence electrons. The molecule has 1 amide bonds. The van der Waals surface area contributed by atoms with Crippen LogP contribution in [0.5, 0.6) is 0 Å². The van der Waals surface area contributed by atoms with Gasteiger partial charge in [0.25, 0.3) is 0 Å². The molecule has 1 heterocycles. The van der Waals surface area contributed by atoms with Crippen molar-refractivity contribution in [2.45, 2.75) is 32.7 Å². The highest BCUT2D eigenvalue weighted by Crippen LogP contribution is 2.10. The first-order valence-electron chi connectivity index (χ1n) is 8.55. The highest BCUT2D eigenvalue weighted by Gasteiger charge is 2.16. The van der Waals surface area contributed by atoms with Crippen LogP contribution < -0.4 is 0 Å². The second-order valence-corrected chi connectivity index (χ2v) is 5.71. The molecule has 2 aromatic rings. The minimum Gasteiger partial charge on any atom is -0.466 e. The van der Waals surface area contributed by atoms with Gasteiger partial charge < -0.3 is 9.64 Å². The van der Waals surface area contributed by atoms with E-state index >= 15 is 0 Å². The Labute approximate surface area is 148 Å². The topological polar surface area (TPSA) is 59.5 Å². The van der Waals surface area contributed by atoms with Gasteiger partial charge in [-0.1, -0.05) is 30.3 Å². The van der Waals surface area contributed by atoms with Gasteiger partial charge in [0.15, 0.2) is 0 Å². The third-order valence-electron chi connectivity index (χ3n) is 3.84. The highest BCUT2D eigenvalue weighted by atomic mass is 16.5. The lowest BCUT2D eigenvalue weighted by molar-refractivity contribution is -0.144. The zero-order valence-corrected chi connectivity index (χ0v) is 14.6. The van der Waals surface area contributed by atoms with E-state index < -0.39 is 0 Å². The molecule has 1 aromatic carbocycles. The van der Waals surface area contributed by atoms with Crippen molar-refractivity contribution in [1.82, 2.24) is 9.88 Å². The fourth-order valence-electron chi connectivity index (χ4n) is 2.51. The van der Waals surface area contributed by atoms with Crippen LogP contribution in [-0.4, -0.2) is 34.9 Å². The molecule has 0 aliphatic carbocycles. The molecule has 0 bridgehead atoms. The Morgan fingerprint density at radius 2 is 1.72 bits per heavy atom. The summed E-state index contributed by atoms with van der Waals surface area (Å²) in [6.07, 6.45) is 4.71. The van der Waals surface area contributed by atoms with Crippen LogP contribution in [0, 0.1) is 0 Å². The van der Waals surface area contributed by atoms with Crippen LogP contribution in [0.1, 0.15) is 30.9 Å². The Bertz CT molecular complexity index is 659. The molecule has 0 unspecified atom stereocenters. The van der Waals surface area contributed by atoms with Gasteiger partial charge in [-0.25, -0.2) is 0 Å². The lowest BCUT2D eigenvalue weighted by atomic mass is 10.1. The Morgan fingerprint density at radius 3 is 2.40 bits per heavy atom. The molecule has 0 aliphatic rings. The van der Waals surface area contributed by atoms with Crippen molar-refractivity contribution >= 4 is 11.9 Å². The van der Waals surface area contributed by atoms with Crippen molar-refractivity contribution in [3.8, 4) is 0 Å². The molecule has 5 heteroatoms. The van der Waals surface area contributed by atoms with Crippen LogP contribution in [0.2, 0.25) is 0 Å². The molecule has 25 heavy (non-hydrogen) atoms. The summed E-state index contributed by atoms with van der Waals surface area (Å²) < 4.78 is 4.96. The maximum Gasteiger partial charge on any atom is 0.307 e. The van der Waals surface area contributed by atoms with E-state index in [4.69, 9.17) is 4.74 Å². The normalized spacial score (nSPS) is 10.3. The van der Waals surface area contributed by atoms with Crippen molar-refractivity contribution < 1.29 is 14.3 Å². The third-order valence-corrected chi connectivity index (χ3v) is 3.84. The number of carbonyl (C=O) groups excluding carboxylic acids is 2. The van der Waals surface area contributed by atoms with E-state index in [0.717, 1.165) is 11.1 Å². The molecule has 0 atom stereocenters. The fourth-order valence-corrected chi connectivity index (χ4v) is 2.51. The van der Waals surface area contributed by atoms with Gasteiger partial charge in [-0.3, -0.25) is 14.6 Å². The van der Waals surface area contributed by atoms with E-state index in [-0.39, 0.29) is 18.3 Å². The van der Waals surface area contributed by atoms with Gasteiger partial charge in [-0.15, -0.1) is 0 Å². The van der Waals surface area contributed by atoms with E-state index in [9.17, 15) is 9.59 Å². The monoisotopic (exact) mass is 340 g/mol. The summed E-state index contributed by atoms with van der Waals surface area (Å²) >= 11 is 0. The maximum absolute atomic E-state index is 12.6. The summed E-state index contributed by atoms with van der Waals surface area (Å²) in [6.45, 7) is 2.95.